The molecule has 134 valence electrons. The second-order valence-corrected chi connectivity index (χ2v) is 7.00. The quantitative estimate of drug-likeness (QED) is 0.348. The molecule has 0 aliphatic rings. The van der Waals surface area contributed by atoms with E-state index in [1.54, 1.807) is 0 Å². The summed E-state index contributed by atoms with van der Waals surface area (Å²) in [5.41, 5.74) is 7.33. The van der Waals surface area contributed by atoms with Crippen molar-refractivity contribution in [2.24, 2.45) is 0 Å². The number of terminal acetylenes is 1. The summed E-state index contributed by atoms with van der Waals surface area (Å²) >= 11 is 0. The molecule has 0 aliphatic heterocycles. The summed E-state index contributed by atoms with van der Waals surface area (Å²) in [6.07, 6.45) is 6.47. The summed E-state index contributed by atoms with van der Waals surface area (Å²) in [5, 5.41) is 0. The van der Waals surface area contributed by atoms with Gasteiger partial charge in [0.2, 0.25) is 0 Å². The average molecular weight is 358 g/mol. The summed E-state index contributed by atoms with van der Waals surface area (Å²) in [6.45, 7) is 0. The van der Waals surface area contributed by atoms with Gasteiger partial charge in [0.25, 0.3) is 0 Å². The van der Waals surface area contributed by atoms with Crippen molar-refractivity contribution in [1.29, 1.82) is 0 Å². The van der Waals surface area contributed by atoms with Crippen LogP contribution in [0.3, 0.4) is 0 Å². The molecular formula is C28H22. The molecule has 4 rings (SSSR count). The van der Waals surface area contributed by atoms with Gasteiger partial charge in [-0.1, -0.05) is 103 Å². The van der Waals surface area contributed by atoms with Gasteiger partial charge in [-0.3, -0.25) is 0 Å². The van der Waals surface area contributed by atoms with Gasteiger partial charge in [0.1, 0.15) is 0 Å². The Morgan fingerprint density at radius 1 is 0.607 bits per heavy atom. The van der Waals surface area contributed by atoms with Crippen LogP contribution in [-0.4, -0.2) is 0 Å². The van der Waals surface area contributed by atoms with Gasteiger partial charge in [0.05, 0.1) is 0 Å². The van der Waals surface area contributed by atoms with E-state index in [0.717, 1.165) is 12.0 Å². The monoisotopic (exact) mass is 358 g/mol. The van der Waals surface area contributed by atoms with E-state index in [4.69, 9.17) is 6.42 Å². The number of hydrogen-bond acceptors (Lipinski definition) is 0. The van der Waals surface area contributed by atoms with Crippen LogP contribution in [0.15, 0.2) is 109 Å². The maximum Gasteiger partial charge on any atom is 0.0243 e. The Bertz CT molecular complexity index is 1070. The van der Waals surface area contributed by atoms with Crippen molar-refractivity contribution in [1.82, 2.24) is 0 Å². The van der Waals surface area contributed by atoms with Crippen molar-refractivity contribution < 1.29 is 0 Å². The summed E-state index contributed by atoms with van der Waals surface area (Å²) in [5.74, 6) is 3.00. The van der Waals surface area contributed by atoms with Gasteiger partial charge >= 0.3 is 0 Å². The fraction of sp³-hybridized carbons (Fsp3) is 0.0714. The minimum atomic E-state index is 0.313. The highest BCUT2D eigenvalue weighted by atomic mass is 14.2. The molecule has 0 aliphatic carbocycles. The molecule has 0 heterocycles. The topological polar surface area (TPSA) is 0 Å². The van der Waals surface area contributed by atoms with Gasteiger partial charge in [0.15, 0.2) is 0 Å². The standard InChI is InChI=1S/C28H22/c1-2-22-16-18-24(19-17-22)26-14-9-15-27(21-26)28(25-12-7-4-8-13-25)20-23-10-5-3-6-11-23/h1,3-19,21,28H,20H2. The van der Waals surface area contributed by atoms with Crippen molar-refractivity contribution >= 4 is 0 Å². The second-order valence-electron chi connectivity index (χ2n) is 7.00. The van der Waals surface area contributed by atoms with Crippen LogP contribution in [-0.2, 0) is 6.42 Å². The third-order valence-corrected chi connectivity index (χ3v) is 5.16. The zero-order valence-electron chi connectivity index (χ0n) is 15.8. The number of rotatable bonds is 5. The van der Waals surface area contributed by atoms with Crippen LogP contribution >= 0.6 is 0 Å². The molecule has 1 atom stereocenters. The minimum absolute atomic E-state index is 0.313. The first-order valence-electron chi connectivity index (χ1n) is 9.59. The Balaban J connectivity index is 1.73. The lowest BCUT2D eigenvalue weighted by atomic mass is 9.85. The molecule has 0 bridgehead atoms. The Morgan fingerprint density at radius 3 is 1.93 bits per heavy atom. The summed E-state index contributed by atoms with van der Waals surface area (Å²) in [6, 6.07) is 38.5. The van der Waals surface area contributed by atoms with Crippen LogP contribution < -0.4 is 0 Å². The van der Waals surface area contributed by atoms with Gasteiger partial charge < -0.3 is 0 Å². The van der Waals surface area contributed by atoms with E-state index in [0.29, 0.717) is 5.92 Å². The van der Waals surface area contributed by atoms with Gasteiger partial charge in [-0.25, -0.2) is 0 Å². The molecule has 0 N–H and O–H groups in total. The fourth-order valence-corrected chi connectivity index (χ4v) is 3.66. The molecule has 0 saturated carbocycles. The molecule has 0 nitrogen and oxygen atoms in total. The smallest absolute Gasteiger partial charge is 0.0243 e. The Kier molecular flexibility index (Phi) is 5.36. The van der Waals surface area contributed by atoms with Crippen molar-refractivity contribution in [3.8, 4) is 23.5 Å². The highest BCUT2D eigenvalue weighted by Crippen LogP contribution is 2.31. The van der Waals surface area contributed by atoms with E-state index < -0.39 is 0 Å². The molecule has 0 heteroatoms. The van der Waals surface area contributed by atoms with Gasteiger partial charge in [-0.2, -0.15) is 0 Å². The SMILES string of the molecule is C#Cc1ccc(-c2cccc(C(Cc3ccccc3)c3ccccc3)c2)cc1. The van der Waals surface area contributed by atoms with Crippen molar-refractivity contribution in [2.45, 2.75) is 12.3 Å². The van der Waals surface area contributed by atoms with E-state index >= 15 is 0 Å². The summed E-state index contributed by atoms with van der Waals surface area (Å²) in [4.78, 5) is 0. The van der Waals surface area contributed by atoms with Crippen LogP contribution in [0.1, 0.15) is 28.2 Å². The lowest BCUT2D eigenvalue weighted by Crippen LogP contribution is -2.05. The normalized spacial score (nSPS) is 11.5. The van der Waals surface area contributed by atoms with Crippen molar-refractivity contribution in [2.75, 3.05) is 0 Å². The van der Waals surface area contributed by atoms with Crippen molar-refractivity contribution in [3.05, 3.63) is 131 Å². The largest absolute Gasteiger partial charge is 0.115 e. The predicted octanol–water partition coefficient (Wildman–Crippen LogP) is 6.71. The first-order valence-corrected chi connectivity index (χ1v) is 9.59. The van der Waals surface area contributed by atoms with Crippen LogP contribution in [0.25, 0.3) is 11.1 Å². The van der Waals surface area contributed by atoms with Crippen LogP contribution in [0.5, 0.6) is 0 Å². The second kappa shape index (κ2) is 8.42. The molecule has 0 radical (unpaired) electrons. The average Bonchev–Trinajstić information content (AvgIpc) is 2.79. The maximum atomic E-state index is 5.49. The molecular weight excluding hydrogens is 336 g/mol. The third-order valence-electron chi connectivity index (χ3n) is 5.16. The molecule has 4 aromatic carbocycles. The number of benzene rings is 4. The molecule has 0 spiro atoms. The number of hydrogen-bond donors (Lipinski definition) is 0. The first-order chi connectivity index (χ1) is 13.8. The van der Waals surface area contributed by atoms with E-state index in [1.807, 2.05) is 12.1 Å². The first kappa shape index (κ1) is 17.8. The highest BCUT2D eigenvalue weighted by Gasteiger charge is 2.15. The van der Waals surface area contributed by atoms with Gasteiger partial charge in [0, 0.05) is 11.5 Å². The lowest BCUT2D eigenvalue weighted by molar-refractivity contribution is 0.805. The molecule has 0 saturated heterocycles. The molecule has 28 heavy (non-hydrogen) atoms. The zero-order chi connectivity index (χ0) is 19.2. The minimum Gasteiger partial charge on any atom is -0.115 e. The van der Waals surface area contributed by atoms with E-state index in [1.165, 1.54) is 27.8 Å². The molecule has 0 aromatic heterocycles. The van der Waals surface area contributed by atoms with E-state index in [-0.39, 0.29) is 0 Å². The summed E-state index contributed by atoms with van der Waals surface area (Å²) < 4.78 is 0. The summed E-state index contributed by atoms with van der Waals surface area (Å²) in [7, 11) is 0. The lowest BCUT2D eigenvalue weighted by Gasteiger charge is -2.19. The Labute approximate surface area is 167 Å². The van der Waals surface area contributed by atoms with Gasteiger partial charge in [-0.05, 0) is 46.4 Å². The maximum absolute atomic E-state index is 5.49. The van der Waals surface area contributed by atoms with Crippen LogP contribution in [0.2, 0.25) is 0 Å². The predicted molar refractivity (Wildman–Crippen MR) is 118 cm³/mol. The fourth-order valence-electron chi connectivity index (χ4n) is 3.66. The molecule has 0 amide bonds. The van der Waals surface area contributed by atoms with Crippen LogP contribution in [0, 0.1) is 12.3 Å². The van der Waals surface area contributed by atoms with E-state index in [2.05, 4.69) is 103 Å². The Hall–Kier alpha value is -3.56. The third kappa shape index (κ3) is 4.05. The van der Waals surface area contributed by atoms with Crippen LogP contribution in [0.4, 0.5) is 0 Å². The van der Waals surface area contributed by atoms with E-state index in [9.17, 15) is 0 Å². The van der Waals surface area contributed by atoms with Gasteiger partial charge in [-0.15, -0.1) is 6.42 Å². The molecule has 4 aromatic rings. The molecule has 1 unspecified atom stereocenters. The zero-order valence-corrected chi connectivity index (χ0v) is 15.8. The van der Waals surface area contributed by atoms with Crippen molar-refractivity contribution in [3.63, 3.8) is 0 Å². The Morgan fingerprint density at radius 2 is 1.25 bits per heavy atom. The molecule has 0 fully saturated rings. The highest BCUT2D eigenvalue weighted by molar-refractivity contribution is 5.65.